The van der Waals surface area contributed by atoms with Crippen molar-refractivity contribution < 1.29 is 9.47 Å². The third-order valence-electron chi connectivity index (χ3n) is 3.44. The van der Waals surface area contributed by atoms with Crippen LogP contribution in [0.1, 0.15) is 18.1 Å². The second-order valence-corrected chi connectivity index (χ2v) is 4.93. The molecule has 0 amide bonds. The van der Waals surface area contributed by atoms with Gasteiger partial charge in [-0.1, -0.05) is 6.07 Å². The van der Waals surface area contributed by atoms with Crippen molar-refractivity contribution in [2.24, 2.45) is 0 Å². The number of hydrogen-bond acceptors (Lipinski definition) is 3. The van der Waals surface area contributed by atoms with Crippen molar-refractivity contribution in [1.29, 1.82) is 0 Å². The maximum absolute atomic E-state index is 5.59. The average molecular weight is 272 g/mol. The second-order valence-electron chi connectivity index (χ2n) is 4.93. The molecule has 2 aromatic rings. The number of ether oxygens (including phenoxy) is 2. The molecule has 0 saturated heterocycles. The molecule has 20 heavy (non-hydrogen) atoms. The Morgan fingerprint density at radius 3 is 2.65 bits per heavy atom. The smallest absolute Gasteiger partial charge is 0.161 e. The number of hydrogen-bond donors (Lipinski definition) is 1. The van der Waals surface area contributed by atoms with E-state index in [2.05, 4.69) is 47.4 Å². The summed E-state index contributed by atoms with van der Waals surface area (Å²) in [6.45, 7) is 6.14. The van der Waals surface area contributed by atoms with Gasteiger partial charge in [-0.2, -0.15) is 0 Å². The number of aromatic nitrogens is 1. The van der Waals surface area contributed by atoms with E-state index in [1.807, 2.05) is 6.07 Å². The zero-order chi connectivity index (χ0) is 13.8. The molecule has 0 spiro atoms. The van der Waals surface area contributed by atoms with Gasteiger partial charge in [-0.05, 0) is 36.2 Å². The van der Waals surface area contributed by atoms with E-state index in [9.17, 15) is 0 Å². The summed E-state index contributed by atoms with van der Waals surface area (Å²) in [5, 5.41) is 3.45. The molecule has 0 saturated carbocycles. The van der Waals surface area contributed by atoms with Crippen LogP contribution in [0, 0.1) is 0 Å². The molecule has 1 N–H and O–H groups in total. The SMILES string of the molecule is CCn1ccc(CNCc2ccc3c(c2)OCCO3)c1. The summed E-state index contributed by atoms with van der Waals surface area (Å²) < 4.78 is 13.3. The number of benzene rings is 1. The van der Waals surface area contributed by atoms with Gasteiger partial charge in [-0.25, -0.2) is 0 Å². The van der Waals surface area contributed by atoms with Gasteiger partial charge in [0.15, 0.2) is 11.5 Å². The van der Waals surface area contributed by atoms with Gasteiger partial charge in [0.05, 0.1) is 0 Å². The van der Waals surface area contributed by atoms with Crippen LogP contribution in [0.15, 0.2) is 36.7 Å². The first-order valence-electron chi connectivity index (χ1n) is 7.09. The largest absolute Gasteiger partial charge is 0.486 e. The molecule has 0 aliphatic carbocycles. The number of fused-ring (bicyclic) bond motifs is 1. The quantitative estimate of drug-likeness (QED) is 0.908. The molecule has 1 aliphatic heterocycles. The van der Waals surface area contributed by atoms with Gasteiger partial charge in [0.2, 0.25) is 0 Å². The van der Waals surface area contributed by atoms with E-state index in [1.165, 1.54) is 11.1 Å². The summed E-state index contributed by atoms with van der Waals surface area (Å²) >= 11 is 0. The van der Waals surface area contributed by atoms with E-state index in [4.69, 9.17) is 9.47 Å². The predicted octanol–water partition coefficient (Wildman–Crippen LogP) is 2.57. The number of aryl methyl sites for hydroxylation is 1. The van der Waals surface area contributed by atoms with Crippen molar-refractivity contribution in [1.82, 2.24) is 9.88 Å². The van der Waals surface area contributed by atoms with Gasteiger partial charge in [0.1, 0.15) is 13.2 Å². The fourth-order valence-corrected chi connectivity index (χ4v) is 2.34. The van der Waals surface area contributed by atoms with Gasteiger partial charge in [0, 0.05) is 32.0 Å². The molecule has 0 atom stereocenters. The van der Waals surface area contributed by atoms with Crippen LogP contribution in [0.5, 0.6) is 11.5 Å². The molecule has 4 nitrogen and oxygen atoms in total. The highest BCUT2D eigenvalue weighted by molar-refractivity contribution is 5.43. The maximum Gasteiger partial charge on any atom is 0.161 e. The lowest BCUT2D eigenvalue weighted by molar-refractivity contribution is 0.171. The first-order valence-corrected chi connectivity index (χ1v) is 7.09. The molecular formula is C16H20N2O2. The molecule has 4 heteroatoms. The average Bonchev–Trinajstić information content (AvgIpc) is 2.95. The van der Waals surface area contributed by atoms with Crippen molar-refractivity contribution >= 4 is 0 Å². The summed E-state index contributed by atoms with van der Waals surface area (Å²) in [6.07, 6.45) is 4.29. The fraction of sp³-hybridized carbons (Fsp3) is 0.375. The molecule has 1 aromatic heterocycles. The lowest BCUT2D eigenvalue weighted by Crippen LogP contribution is -2.16. The van der Waals surface area contributed by atoms with Gasteiger partial charge < -0.3 is 19.4 Å². The second kappa shape index (κ2) is 6.01. The third kappa shape index (κ3) is 2.96. The topological polar surface area (TPSA) is 35.4 Å². The molecule has 0 unspecified atom stereocenters. The van der Waals surface area contributed by atoms with Crippen LogP contribution >= 0.6 is 0 Å². The van der Waals surface area contributed by atoms with Crippen LogP contribution in [-0.4, -0.2) is 17.8 Å². The molecule has 0 radical (unpaired) electrons. The van der Waals surface area contributed by atoms with E-state index < -0.39 is 0 Å². The molecule has 2 heterocycles. The highest BCUT2D eigenvalue weighted by Crippen LogP contribution is 2.30. The van der Waals surface area contributed by atoms with Crippen molar-refractivity contribution in [3.8, 4) is 11.5 Å². The molecule has 1 aliphatic rings. The molecule has 0 fully saturated rings. The first kappa shape index (κ1) is 13.1. The minimum absolute atomic E-state index is 0.633. The third-order valence-corrected chi connectivity index (χ3v) is 3.44. The van der Waals surface area contributed by atoms with Crippen LogP contribution in [0.25, 0.3) is 0 Å². The van der Waals surface area contributed by atoms with Crippen molar-refractivity contribution in [3.05, 3.63) is 47.8 Å². The summed E-state index contributed by atoms with van der Waals surface area (Å²) in [7, 11) is 0. The zero-order valence-electron chi connectivity index (χ0n) is 11.8. The Bertz CT molecular complexity index is 578. The van der Waals surface area contributed by atoms with Crippen LogP contribution in [0.3, 0.4) is 0 Å². The Kier molecular flexibility index (Phi) is 3.92. The van der Waals surface area contributed by atoms with E-state index in [0.29, 0.717) is 13.2 Å². The van der Waals surface area contributed by atoms with E-state index in [1.54, 1.807) is 0 Å². The lowest BCUT2D eigenvalue weighted by Gasteiger charge is -2.18. The monoisotopic (exact) mass is 272 g/mol. The Labute approximate surface area is 119 Å². The number of nitrogens with zero attached hydrogens (tertiary/aromatic N) is 1. The maximum atomic E-state index is 5.59. The summed E-state index contributed by atoms with van der Waals surface area (Å²) in [4.78, 5) is 0. The molecule has 1 aromatic carbocycles. The van der Waals surface area contributed by atoms with Crippen molar-refractivity contribution in [2.45, 2.75) is 26.6 Å². The highest BCUT2D eigenvalue weighted by Gasteiger charge is 2.11. The van der Waals surface area contributed by atoms with Gasteiger partial charge in [0.25, 0.3) is 0 Å². The minimum atomic E-state index is 0.633. The minimum Gasteiger partial charge on any atom is -0.486 e. The van der Waals surface area contributed by atoms with Crippen LogP contribution in [-0.2, 0) is 19.6 Å². The summed E-state index contributed by atoms with van der Waals surface area (Å²) in [5.41, 5.74) is 2.52. The Balaban J connectivity index is 1.55. The molecular weight excluding hydrogens is 252 g/mol. The van der Waals surface area contributed by atoms with Gasteiger partial charge >= 0.3 is 0 Å². The Hall–Kier alpha value is -1.94. The van der Waals surface area contributed by atoms with Crippen LogP contribution in [0.4, 0.5) is 0 Å². The van der Waals surface area contributed by atoms with Gasteiger partial charge in [-0.3, -0.25) is 0 Å². The number of rotatable bonds is 5. The highest BCUT2D eigenvalue weighted by atomic mass is 16.6. The predicted molar refractivity (Wildman–Crippen MR) is 78.1 cm³/mol. The van der Waals surface area contributed by atoms with Crippen molar-refractivity contribution in [3.63, 3.8) is 0 Å². The van der Waals surface area contributed by atoms with Crippen molar-refractivity contribution in [2.75, 3.05) is 13.2 Å². The number of nitrogens with one attached hydrogen (secondary N) is 1. The lowest BCUT2D eigenvalue weighted by atomic mass is 10.2. The standard InChI is InChI=1S/C16H20N2O2/c1-2-18-6-5-14(12-18)11-17-10-13-3-4-15-16(9-13)20-8-7-19-15/h3-6,9,12,17H,2,7-8,10-11H2,1H3. The molecule has 3 rings (SSSR count). The molecule has 0 bridgehead atoms. The van der Waals surface area contributed by atoms with E-state index >= 15 is 0 Å². The van der Waals surface area contributed by atoms with Gasteiger partial charge in [-0.15, -0.1) is 0 Å². The molecule has 106 valence electrons. The van der Waals surface area contributed by atoms with E-state index in [-0.39, 0.29) is 0 Å². The summed E-state index contributed by atoms with van der Waals surface area (Å²) in [6, 6.07) is 8.27. The normalized spacial score (nSPS) is 13.4. The van der Waals surface area contributed by atoms with E-state index in [0.717, 1.165) is 31.1 Å². The Morgan fingerprint density at radius 1 is 1.05 bits per heavy atom. The summed E-state index contributed by atoms with van der Waals surface area (Å²) in [5.74, 6) is 1.70. The fourth-order valence-electron chi connectivity index (χ4n) is 2.34. The Morgan fingerprint density at radius 2 is 1.85 bits per heavy atom. The van der Waals surface area contributed by atoms with Crippen LogP contribution < -0.4 is 14.8 Å². The van der Waals surface area contributed by atoms with Crippen LogP contribution in [0.2, 0.25) is 0 Å². The zero-order valence-corrected chi connectivity index (χ0v) is 11.8. The first-order chi connectivity index (χ1) is 9.85.